The summed E-state index contributed by atoms with van der Waals surface area (Å²) in [7, 11) is 0. The Balaban J connectivity index is 1.62. The first-order valence-electron chi connectivity index (χ1n) is 11.6. The Morgan fingerprint density at radius 3 is 2.36 bits per heavy atom. The Labute approximate surface area is 158 Å². The third-order valence-electron chi connectivity index (χ3n) is 6.78. The van der Waals surface area contributed by atoms with E-state index in [9.17, 15) is 0 Å². The number of ether oxygens (including phenoxy) is 1. The molecular weight excluding hydrogens is 304 g/mol. The van der Waals surface area contributed by atoms with E-state index in [1.807, 2.05) is 6.26 Å². The predicted molar refractivity (Wildman–Crippen MR) is 110 cm³/mol. The van der Waals surface area contributed by atoms with Gasteiger partial charge in [-0.25, -0.2) is 0 Å². The number of allylic oxidation sites excluding steroid dienone is 1. The van der Waals surface area contributed by atoms with Crippen molar-refractivity contribution in [1.29, 1.82) is 0 Å². The first-order valence-corrected chi connectivity index (χ1v) is 11.6. The van der Waals surface area contributed by atoms with E-state index in [1.54, 1.807) is 0 Å². The fourth-order valence-corrected chi connectivity index (χ4v) is 5.10. The van der Waals surface area contributed by atoms with Crippen LogP contribution in [0.4, 0.5) is 0 Å². The maximum atomic E-state index is 6.07. The molecule has 2 rings (SSSR count). The molecule has 0 spiro atoms. The van der Waals surface area contributed by atoms with Gasteiger partial charge in [0.05, 0.1) is 12.4 Å². The molecule has 0 saturated heterocycles. The van der Waals surface area contributed by atoms with Crippen LogP contribution in [0.1, 0.15) is 117 Å². The van der Waals surface area contributed by atoms with Crippen LogP contribution < -0.4 is 0 Å². The van der Waals surface area contributed by atoms with Crippen molar-refractivity contribution in [2.45, 2.75) is 123 Å². The fourth-order valence-electron chi connectivity index (χ4n) is 5.10. The van der Waals surface area contributed by atoms with Crippen molar-refractivity contribution in [3.63, 3.8) is 0 Å². The van der Waals surface area contributed by atoms with Crippen LogP contribution in [0.3, 0.4) is 0 Å². The van der Waals surface area contributed by atoms with Crippen molar-refractivity contribution in [1.82, 2.24) is 0 Å². The molecule has 0 heterocycles. The van der Waals surface area contributed by atoms with E-state index in [0.717, 1.165) is 17.8 Å². The Bertz CT molecular complexity index is 340. The molecule has 0 aliphatic heterocycles. The minimum Gasteiger partial charge on any atom is -0.498 e. The van der Waals surface area contributed by atoms with Crippen molar-refractivity contribution in [2.75, 3.05) is 0 Å². The predicted octanol–water partition coefficient (Wildman–Crippen LogP) is 8.04. The minimum atomic E-state index is 0.503. The van der Waals surface area contributed by atoms with Gasteiger partial charge >= 0.3 is 0 Å². The van der Waals surface area contributed by atoms with Gasteiger partial charge < -0.3 is 4.74 Å². The van der Waals surface area contributed by atoms with E-state index < -0.39 is 0 Å². The van der Waals surface area contributed by atoms with Gasteiger partial charge in [-0.05, 0) is 75.2 Å². The largest absolute Gasteiger partial charge is 0.498 e. The SMILES string of the molecule is CCCC/C=C/O[C@@H]1CCC[C@@H](C2CCC(CCCCCC)CC2)C1. The second-order valence-corrected chi connectivity index (χ2v) is 8.83. The lowest BCUT2D eigenvalue weighted by atomic mass is 9.70. The number of hydrogen-bond donors (Lipinski definition) is 0. The van der Waals surface area contributed by atoms with Crippen LogP contribution in [0.25, 0.3) is 0 Å². The van der Waals surface area contributed by atoms with Crippen LogP contribution in [-0.4, -0.2) is 6.10 Å². The second-order valence-electron chi connectivity index (χ2n) is 8.83. The zero-order chi connectivity index (χ0) is 17.7. The average molecular weight is 349 g/mol. The molecule has 0 N–H and O–H groups in total. The zero-order valence-electron chi connectivity index (χ0n) is 17.2. The molecule has 2 atom stereocenters. The lowest BCUT2D eigenvalue weighted by Gasteiger charge is -2.38. The molecule has 1 nitrogen and oxygen atoms in total. The summed E-state index contributed by atoms with van der Waals surface area (Å²) in [6, 6.07) is 0. The molecule has 2 aliphatic rings. The normalized spacial score (nSPS) is 30.6. The van der Waals surface area contributed by atoms with Gasteiger partial charge in [-0.1, -0.05) is 65.2 Å². The van der Waals surface area contributed by atoms with Crippen molar-refractivity contribution in [3.05, 3.63) is 12.3 Å². The highest BCUT2D eigenvalue weighted by molar-refractivity contribution is 4.84. The van der Waals surface area contributed by atoms with Crippen LogP contribution in [0.5, 0.6) is 0 Å². The highest BCUT2D eigenvalue weighted by atomic mass is 16.5. The highest BCUT2D eigenvalue weighted by Gasteiger charge is 2.31. The summed E-state index contributed by atoms with van der Waals surface area (Å²) >= 11 is 0. The molecule has 0 aromatic heterocycles. The van der Waals surface area contributed by atoms with E-state index in [-0.39, 0.29) is 0 Å². The first-order chi connectivity index (χ1) is 12.3. The molecule has 1 heteroatoms. The second kappa shape index (κ2) is 12.8. The van der Waals surface area contributed by atoms with E-state index in [4.69, 9.17) is 4.74 Å². The maximum absolute atomic E-state index is 6.07. The molecule has 0 aromatic rings. The Morgan fingerprint density at radius 2 is 1.60 bits per heavy atom. The molecule has 0 bridgehead atoms. The number of unbranched alkanes of at least 4 members (excludes halogenated alkanes) is 5. The molecule has 0 aromatic carbocycles. The van der Waals surface area contributed by atoms with Crippen molar-refractivity contribution in [3.8, 4) is 0 Å². The fraction of sp³-hybridized carbons (Fsp3) is 0.917. The smallest absolute Gasteiger partial charge is 0.0981 e. The van der Waals surface area contributed by atoms with Gasteiger partial charge in [-0.3, -0.25) is 0 Å². The monoisotopic (exact) mass is 348 g/mol. The average Bonchev–Trinajstić information content (AvgIpc) is 2.66. The van der Waals surface area contributed by atoms with E-state index in [1.165, 1.54) is 103 Å². The van der Waals surface area contributed by atoms with Crippen LogP contribution in [-0.2, 0) is 4.74 Å². The van der Waals surface area contributed by atoms with Crippen LogP contribution in [0.2, 0.25) is 0 Å². The van der Waals surface area contributed by atoms with Gasteiger partial charge in [0.15, 0.2) is 0 Å². The number of hydrogen-bond acceptors (Lipinski definition) is 1. The van der Waals surface area contributed by atoms with Gasteiger partial charge in [0, 0.05) is 0 Å². The highest BCUT2D eigenvalue weighted by Crippen LogP contribution is 2.41. The summed E-state index contributed by atoms with van der Waals surface area (Å²) in [5.41, 5.74) is 0. The van der Waals surface area contributed by atoms with Gasteiger partial charge in [0.25, 0.3) is 0 Å². The van der Waals surface area contributed by atoms with Crippen molar-refractivity contribution in [2.24, 2.45) is 17.8 Å². The van der Waals surface area contributed by atoms with Crippen molar-refractivity contribution >= 4 is 0 Å². The van der Waals surface area contributed by atoms with E-state index in [2.05, 4.69) is 19.9 Å². The summed E-state index contributed by atoms with van der Waals surface area (Å²) in [5.74, 6) is 3.00. The maximum Gasteiger partial charge on any atom is 0.0981 e. The molecule has 25 heavy (non-hydrogen) atoms. The van der Waals surface area contributed by atoms with E-state index in [0.29, 0.717) is 6.10 Å². The summed E-state index contributed by atoms with van der Waals surface area (Å²) < 4.78 is 6.07. The Morgan fingerprint density at radius 1 is 0.800 bits per heavy atom. The molecule has 0 amide bonds. The van der Waals surface area contributed by atoms with Gasteiger partial charge in [-0.2, -0.15) is 0 Å². The molecule has 0 radical (unpaired) electrons. The van der Waals surface area contributed by atoms with Crippen LogP contribution >= 0.6 is 0 Å². The standard InChI is InChI=1S/C24H44O/c1-3-5-7-9-12-21-15-17-22(18-16-21)23-13-11-14-24(20-23)25-19-10-8-6-4-2/h10,19,21-24H,3-9,11-18,20H2,1-2H3/b19-10+/t21?,22?,23-,24-/m1/s1. The quantitative estimate of drug-likeness (QED) is 0.271. The Kier molecular flexibility index (Phi) is 10.7. The molecule has 2 saturated carbocycles. The molecule has 2 fully saturated rings. The summed E-state index contributed by atoms with van der Waals surface area (Å²) in [6.45, 7) is 4.56. The molecule has 2 aliphatic carbocycles. The van der Waals surface area contributed by atoms with Gasteiger partial charge in [-0.15, -0.1) is 0 Å². The molecular formula is C24H44O. The first kappa shape index (κ1) is 20.8. The molecule has 0 unspecified atom stereocenters. The zero-order valence-corrected chi connectivity index (χ0v) is 17.2. The third-order valence-corrected chi connectivity index (χ3v) is 6.78. The van der Waals surface area contributed by atoms with Crippen LogP contribution in [0, 0.1) is 17.8 Å². The lowest BCUT2D eigenvalue weighted by Crippen LogP contribution is -2.29. The van der Waals surface area contributed by atoms with Gasteiger partial charge in [0.2, 0.25) is 0 Å². The summed E-state index contributed by atoms with van der Waals surface area (Å²) in [5, 5.41) is 0. The third kappa shape index (κ3) is 8.18. The van der Waals surface area contributed by atoms with E-state index >= 15 is 0 Å². The minimum absolute atomic E-state index is 0.503. The van der Waals surface area contributed by atoms with Crippen molar-refractivity contribution < 1.29 is 4.74 Å². The summed E-state index contributed by atoms with van der Waals surface area (Å²) in [4.78, 5) is 0. The summed E-state index contributed by atoms with van der Waals surface area (Å²) in [6.07, 6.45) is 27.2. The Hall–Kier alpha value is -0.460. The van der Waals surface area contributed by atoms with Crippen LogP contribution in [0.15, 0.2) is 12.3 Å². The molecule has 146 valence electrons. The van der Waals surface area contributed by atoms with Gasteiger partial charge in [0.1, 0.15) is 0 Å². The number of rotatable bonds is 11. The topological polar surface area (TPSA) is 9.23 Å². The lowest BCUT2D eigenvalue weighted by molar-refractivity contribution is 0.0509.